The van der Waals surface area contributed by atoms with Gasteiger partial charge in [-0.25, -0.2) is 9.37 Å². The van der Waals surface area contributed by atoms with Gasteiger partial charge in [0.15, 0.2) is 0 Å². The smallest absolute Gasteiger partial charge is 0.271 e. The van der Waals surface area contributed by atoms with Gasteiger partial charge < -0.3 is 9.72 Å². The second-order valence-corrected chi connectivity index (χ2v) is 4.93. The Morgan fingerprint density at radius 1 is 1.33 bits per heavy atom. The zero-order valence-electron chi connectivity index (χ0n) is 10.9. The van der Waals surface area contributed by atoms with Crippen molar-refractivity contribution in [3.63, 3.8) is 0 Å². The van der Waals surface area contributed by atoms with Crippen LogP contribution in [0.2, 0.25) is 5.02 Å². The maximum Gasteiger partial charge on any atom is 0.271 e. The Morgan fingerprint density at radius 3 is 2.95 bits per heavy atom. The highest BCUT2D eigenvalue weighted by Crippen LogP contribution is 2.16. The number of hydrogen-bond donors (Lipinski definition) is 1. The summed E-state index contributed by atoms with van der Waals surface area (Å²) >= 11 is 5.70. The Labute approximate surface area is 125 Å². The summed E-state index contributed by atoms with van der Waals surface area (Å²) in [4.78, 5) is 16.3. The summed E-state index contributed by atoms with van der Waals surface area (Å²) in [7, 11) is 0. The third-order valence-electron chi connectivity index (χ3n) is 3.03. The molecule has 3 rings (SSSR count). The Bertz CT molecular complexity index is 783. The third-order valence-corrected chi connectivity index (χ3v) is 3.32. The normalized spacial score (nSPS) is 10.8. The molecule has 0 aliphatic rings. The van der Waals surface area contributed by atoms with Gasteiger partial charge in [0.25, 0.3) is 5.91 Å². The van der Waals surface area contributed by atoms with Gasteiger partial charge in [-0.05, 0) is 29.8 Å². The van der Waals surface area contributed by atoms with Crippen LogP contribution in [0.1, 0.15) is 16.1 Å². The van der Waals surface area contributed by atoms with E-state index in [9.17, 15) is 9.18 Å². The zero-order valence-corrected chi connectivity index (χ0v) is 11.6. The van der Waals surface area contributed by atoms with Crippen molar-refractivity contribution in [3.8, 4) is 0 Å². The molecule has 1 aromatic carbocycles. The summed E-state index contributed by atoms with van der Waals surface area (Å²) in [5.41, 5.74) is 1.75. The molecule has 0 aliphatic carbocycles. The zero-order chi connectivity index (χ0) is 14.8. The summed E-state index contributed by atoms with van der Waals surface area (Å²) in [6, 6.07) is 9.86. The monoisotopic (exact) mass is 303 g/mol. The first kappa shape index (κ1) is 13.6. The fraction of sp³-hybridized carbons (Fsp3) is 0.0667. The summed E-state index contributed by atoms with van der Waals surface area (Å²) < 4.78 is 14.8. The topological polar surface area (TPSA) is 46.4 Å². The lowest BCUT2D eigenvalue weighted by Crippen LogP contribution is -2.23. The van der Waals surface area contributed by atoms with Crippen molar-refractivity contribution in [2.24, 2.45) is 0 Å². The second-order valence-electron chi connectivity index (χ2n) is 4.52. The molecule has 0 bridgehead atoms. The van der Waals surface area contributed by atoms with E-state index in [1.165, 1.54) is 12.1 Å². The maximum absolute atomic E-state index is 13.0. The van der Waals surface area contributed by atoms with E-state index in [4.69, 9.17) is 11.6 Å². The first-order valence-electron chi connectivity index (χ1n) is 6.29. The van der Waals surface area contributed by atoms with Gasteiger partial charge in [0.2, 0.25) is 0 Å². The largest absolute Gasteiger partial charge is 0.347 e. The molecule has 0 unspecified atom stereocenters. The molecule has 2 aromatic heterocycles. The number of nitrogens with one attached hydrogen (secondary N) is 1. The van der Waals surface area contributed by atoms with Crippen LogP contribution in [-0.2, 0) is 6.54 Å². The van der Waals surface area contributed by atoms with Crippen LogP contribution in [0.4, 0.5) is 4.39 Å². The standard InChI is InChI=1S/C15H11ClFN3O/c16-11-7-10(4-5-12(11)17)8-18-15(21)13-9-20-6-2-1-3-14(20)19-13/h1-7,9H,8H2,(H,18,21). The summed E-state index contributed by atoms with van der Waals surface area (Å²) in [5, 5.41) is 2.76. The second kappa shape index (κ2) is 5.54. The van der Waals surface area contributed by atoms with Crippen LogP contribution >= 0.6 is 11.6 Å². The first-order chi connectivity index (χ1) is 10.1. The van der Waals surface area contributed by atoms with E-state index in [0.717, 1.165) is 5.56 Å². The molecule has 0 aliphatic heterocycles. The van der Waals surface area contributed by atoms with Gasteiger partial charge in [0, 0.05) is 18.9 Å². The molecule has 3 aromatic rings. The fourth-order valence-corrected chi connectivity index (χ4v) is 2.17. The van der Waals surface area contributed by atoms with E-state index in [1.54, 1.807) is 16.7 Å². The van der Waals surface area contributed by atoms with Crippen LogP contribution in [0.15, 0.2) is 48.8 Å². The highest BCUT2D eigenvalue weighted by molar-refractivity contribution is 6.30. The van der Waals surface area contributed by atoms with Crippen molar-refractivity contribution in [2.75, 3.05) is 0 Å². The molecule has 0 fully saturated rings. The summed E-state index contributed by atoms with van der Waals surface area (Å²) in [6.07, 6.45) is 3.47. The lowest BCUT2D eigenvalue weighted by atomic mass is 10.2. The van der Waals surface area contributed by atoms with E-state index < -0.39 is 5.82 Å². The molecule has 6 heteroatoms. The number of benzene rings is 1. The fourth-order valence-electron chi connectivity index (χ4n) is 1.97. The van der Waals surface area contributed by atoms with E-state index >= 15 is 0 Å². The van der Waals surface area contributed by atoms with Crippen molar-refractivity contribution in [2.45, 2.75) is 6.54 Å². The molecule has 0 saturated carbocycles. The van der Waals surface area contributed by atoms with E-state index in [0.29, 0.717) is 11.3 Å². The quantitative estimate of drug-likeness (QED) is 0.808. The minimum Gasteiger partial charge on any atom is -0.347 e. The molecule has 0 spiro atoms. The third kappa shape index (κ3) is 2.87. The Hall–Kier alpha value is -2.40. The lowest BCUT2D eigenvalue weighted by Gasteiger charge is -2.04. The highest BCUT2D eigenvalue weighted by Gasteiger charge is 2.10. The molecule has 0 saturated heterocycles. The van der Waals surface area contributed by atoms with Crippen molar-refractivity contribution < 1.29 is 9.18 Å². The predicted molar refractivity (Wildman–Crippen MR) is 77.8 cm³/mol. The van der Waals surface area contributed by atoms with Crippen LogP contribution in [0.25, 0.3) is 5.65 Å². The van der Waals surface area contributed by atoms with Crippen LogP contribution in [-0.4, -0.2) is 15.3 Å². The average molecular weight is 304 g/mol. The number of halogens is 2. The molecular formula is C15H11ClFN3O. The van der Waals surface area contributed by atoms with Gasteiger partial charge in [-0.1, -0.05) is 23.7 Å². The molecule has 0 radical (unpaired) electrons. The number of carbonyl (C=O) groups excluding carboxylic acids is 1. The maximum atomic E-state index is 13.0. The van der Waals surface area contributed by atoms with Crippen LogP contribution in [0, 0.1) is 5.82 Å². The number of carbonyl (C=O) groups is 1. The molecule has 106 valence electrons. The molecule has 2 heterocycles. The van der Waals surface area contributed by atoms with Crippen LogP contribution in [0.5, 0.6) is 0 Å². The predicted octanol–water partition coefficient (Wildman–Crippen LogP) is 3.06. The minimum absolute atomic E-state index is 0.0366. The van der Waals surface area contributed by atoms with Gasteiger partial charge in [-0.15, -0.1) is 0 Å². The highest BCUT2D eigenvalue weighted by atomic mass is 35.5. The summed E-state index contributed by atoms with van der Waals surface area (Å²) in [5.74, 6) is -0.772. The number of pyridine rings is 1. The Morgan fingerprint density at radius 2 is 2.19 bits per heavy atom. The number of imidazole rings is 1. The van der Waals surface area contributed by atoms with Gasteiger partial charge in [0.1, 0.15) is 17.2 Å². The Kier molecular flexibility index (Phi) is 3.58. The molecule has 1 amide bonds. The van der Waals surface area contributed by atoms with E-state index in [-0.39, 0.29) is 17.5 Å². The summed E-state index contributed by atoms with van der Waals surface area (Å²) in [6.45, 7) is 0.257. The average Bonchev–Trinajstić information content (AvgIpc) is 2.92. The number of amides is 1. The van der Waals surface area contributed by atoms with Gasteiger partial charge in [0.05, 0.1) is 5.02 Å². The first-order valence-corrected chi connectivity index (χ1v) is 6.67. The Balaban J connectivity index is 1.72. The van der Waals surface area contributed by atoms with E-state index in [1.807, 2.05) is 24.4 Å². The van der Waals surface area contributed by atoms with Crippen LogP contribution < -0.4 is 5.32 Å². The number of aromatic nitrogens is 2. The van der Waals surface area contributed by atoms with Gasteiger partial charge >= 0.3 is 0 Å². The SMILES string of the molecule is O=C(NCc1ccc(F)c(Cl)c1)c1cn2ccccc2n1. The van der Waals surface area contributed by atoms with Crippen molar-refractivity contribution in [1.82, 2.24) is 14.7 Å². The van der Waals surface area contributed by atoms with Crippen molar-refractivity contribution in [1.29, 1.82) is 0 Å². The minimum atomic E-state index is -0.480. The number of nitrogens with zero attached hydrogens (tertiary/aromatic N) is 2. The molecule has 21 heavy (non-hydrogen) atoms. The number of rotatable bonds is 3. The van der Waals surface area contributed by atoms with Crippen LogP contribution in [0.3, 0.4) is 0 Å². The molecule has 4 nitrogen and oxygen atoms in total. The molecule has 0 atom stereocenters. The van der Waals surface area contributed by atoms with E-state index in [2.05, 4.69) is 10.3 Å². The lowest BCUT2D eigenvalue weighted by molar-refractivity contribution is 0.0946. The van der Waals surface area contributed by atoms with Crippen molar-refractivity contribution in [3.05, 3.63) is 70.9 Å². The van der Waals surface area contributed by atoms with Crippen molar-refractivity contribution >= 4 is 23.2 Å². The molecule has 1 N–H and O–H groups in total. The number of fused-ring (bicyclic) bond motifs is 1. The molecular weight excluding hydrogens is 293 g/mol. The number of hydrogen-bond acceptors (Lipinski definition) is 2. The van der Waals surface area contributed by atoms with Gasteiger partial charge in [-0.2, -0.15) is 0 Å². The van der Waals surface area contributed by atoms with Gasteiger partial charge in [-0.3, -0.25) is 4.79 Å².